The standard InChI is InChI=1S/C20H32N4O2.HI/c1-3-21-19(22-15-20(25)11-6-7-12-20)23-16-10-13-24(14-16)17-8-4-5-9-18(17)26-2;/h4-5,8-9,16,25H,3,6-7,10-15H2,1-2H3,(H2,21,22,23);1H. The Kier molecular flexibility index (Phi) is 8.47. The summed E-state index contributed by atoms with van der Waals surface area (Å²) in [6, 6.07) is 8.49. The Bertz CT molecular complexity index is 620. The van der Waals surface area contributed by atoms with Crippen LogP contribution in [0.25, 0.3) is 0 Å². The monoisotopic (exact) mass is 488 g/mol. The van der Waals surface area contributed by atoms with Crippen LogP contribution in [0.2, 0.25) is 0 Å². The first-order valence-electron chi connectivity index (χ1n) is 9.79. The van der Waals surface area contributed by atoms with Crippen molar-refractivity contribution in [1.29, 1.82) is 0 Å². The van der Waals surface area contributed by atoms with Crippen LogP contribution in [0.4, 0.5) is 5.69 Å². The van der Waals surface area contributed by atoms with Gasteiger partial charge < -0.3 is 25.4 Å². The second-order valence-corrected chi connectivity index (χ2v) is 7.37. The highest BCUT2D eigenvalue weighted by Crippen LogP contribution is 2.31. The minimum absolute atomic E-state index is 0. The van der Waals surface area contributed by atoms with Gasteiger partial charge in [-0.25, -0.2) is 0 Å². The molecule has 1 saturated heterocycles. The third kappa shape index (κ3) is 5.88. The molecule has 1 aromatic carbocycles. The molecule has 1 aromatic rings. The van der Waals surface area contributed by atoms with Crippen molar-refractivity contribution in [1.82, 2.24) is 10.6 Å². The van der Waals surface area contributed by atoms with Crippen molar-refractivity contribution in [2.45, 2.75) is 50.7 Å². The average Bonchev–Trinajstić information content (AvgIpc) is 3.29. The van der Waals surface area contributed by atoms with Crippen LogP contribution in [-0.4, -0.2) is 56.0 Å². The number of nitrogens with one attached hydrogen (secondary N) is 2. The van der Waals surface area contributed by atoms with Gasteiger partial charge in [-0.1, -0.05) is 25.0 Å². The van der Waals surface area contributed by atoms with Crippen molar-refractivity contribution in [3.05, 3.63) is 24.3 Å². The number of anilines is 1. The minimum Gasteiger partial charge on any atom is -0.495 e. The van der Waals surface area contributed by atoms with Crippen molar-refractivity contribution in [3.8, 4) is 5.75 Å². The molecule has 0 aromatic heterocycles. The lowest BCUT2D eigenvalue weighted by Crippen LogP contribution is -2.45. The predicted octanol–water partition coefficient (Wildman–Crippen LogP) is 2.75. The van der Waals surface area contributed by atoms with Gasteiger partial charge in [0.2, 0.25) is 0 Å². The number of hydrogen-bond donors (Lipinski definition) is 3. The summed E-state index contributed by atoms with van der Waals surface area (Å²) in [5.74, 6) is 1.72. The normalized spacial score (nSPS) is 21.7. The molecule has 6 nitrogen and oxygen atoms in total. The summed E-state index contributed by atoms with van der Waals surface area (Å²) >= 11 is 0. The molecule has 1 atom stereocenters. The van der Waals surface area contributed by atoms with Crippen LogP contribution in [0, 0.1) is 0 Å². The molecule has 2 fully saturated rings. The van der Waals surface area contributed by atoms with Gasteiger partial charge in [-0.15, -0.1) is 24.0 Å². The fourth-order valence-corrected chi connectivity index (χ4v) is 3.92. The summed E-state index contributed by atoms with van der Waals surface area (Å²) in [5, 5.41) is 17.4. The van der Waals surface area contributed by atoms with Crippen LogP contribution >= 0.6 is 24.0 Å². The average molecular weight is 488 g/mol. The quantitative estimate of drug-likeness (QED) is 0.327. The lowest BCUT2D eigenvalue weighted by atomic mass is 10.0. The fraction of sp³-hybridized carbons (Fsp3) is 0.650. The van der Waals surface area contributed by atoms with Gasteiger partial charge in [0.1, 0.15) is 5.75 Å². The number of guanidine groups is 1. The Labute approximate surface area is 179 Å². The number of aliphatic hydroxyl groups is 1. The van der Waals surface area contributed by atoms with E-state index in [1.165, 1.54) is 0 Å². The Morgan fingerprint density at radius 1 is 1.33 bits per heavy atom. The Hall–Kier alpha value is -1.22. The number of aliphatic imine (C=N–C) groups is 1. The van der Waals surface area contributed by atoms with E-state index in [-0.39, 0.29) is 24.0 Å². The third-order valence-electron chi connectivity index (χ3n) is 5.36. The number of hydrogen-bond acceptors (Lipinski definition) is 4. The summed E-state index contributed by atoms with van der Waals surface area (Å²) in [6.07, 6.45) is 4.98. The molecule has 3 rings (SSSR count). The smallest absolute Gasteiger partial charge is 0.191 e. The molecule has 27 heavy (non-hydrogen) atoms. The maximum atomic E-state index is 10.5. The van der Waals surface area contributed by atoms with Gasteiger partial charge >= 0.3 is 0 Å². The number of methoxy groups -OCH3 is 1. The molecule has 2 aliphatic rings. The largest absolute Gasteiger partial charge is 0.495 e. The van der Waals surface area contributed by atoms with Gasteiger partial charge in [-0.05, 0) is 38.3 Å². The summed E-state index contributed by atoms with van der Waals surface area (Å²) in [5.41, 5.74) is 0.531. The van der Waals surface area contributed by atoms with Crippen molar-refractivity contribution in [3.63, 3.8) is 0 Å². The second-order valence-electron chi connectivity index (χ2n) is 7.37. The van der Waals surface area contributed by atoms with Gasteiger partial charge in [0, 0.05) is 25.7 Å². The number of para-hydroxylation sites is 2. The lowest BCUT2D eigenvalue weighted by molar-refractivity contribution is 0.0574. The van der Waals surface area contributed by atoms with E-state index >= 15 is 0 Å². The van der Waals surface area contributed by atoms with E-state index in [1.807, 2.05) is 18.2 Å². The highest BCUT2D eigenvalue weighted by atomic mass is 127. The number of ether oxygens (including phenoxy) is 1. The summed E-state index contributed by atoms with van der Waals surface area (Å²) in [4.78, 5) is 7.02. The summed E-state index contributed by atoms with van der Waals surface area (Å²) < 4.78 is 5.49. The third-order valence-corrected chi connectivity index (χ3v) is 5.36. The van der Waals surface area contributed by atoms with E-state index < -0.39 is 5.60 Å². The molecule has 3 N–H and O–H groups in total. The van der Waals surface area contributed by atoms with E-state index in [9.17, 15) is 5.11 Å². The molecule has 0 amide bonds. The minimum atomic E-state index is -0.610. The van der Waals surface area contributed by atoms with Gasteiger partial charge in [0.05, 0.1) is 24.9 Å². The molecule has 152 valence electrons. The Balaban J connectivity index is 0.00000261. The molecule has 0 bridgehead atoms. The number of nitrogens with zero attached hydrogens (tertiary/aromatic N) is 2. The van der Waals surface area contributed by atoms with Gasteiger partial charge in [0.25, 0.3) is 0 Å². The number of rotatable bonds is 6. The van der Waals surface area contributed by atoms with Gasteiger partial charge in [0.15, 0.2) is 5.96 Å². The van der Waals surface area contributed by atoms with Crippen LogP contribution in [0.1, 0.15) is 39.0 Å². The van der Waals surface area contributed by atoms with Crippen LogP contribution in [0.15, 0.2) is 29.3 Å². The summed E-state index contributed by atoms with van der Waals surface area (Å²) in [6.45, 7) is 5.26. The van der Waals surface area contributed by atoms with Crippen molar-refractivity contribution in [2.75, 3.05) is 38.2 Å². The van der Waals surface area contributed by atoms with Gasteiger partial charge in [-0.2, -0.15) is 0 Å². The maximum absolute atomic E-state index is 10.5. The molecule has 1 heterocycles. The van der Waals surface area contributed by atoms with Gasteiger partial charge in [-0.3, -0.25) is 4.99 Å². The van der Waals surface area contributed by atoms with Crippen molar-refractivity contribution < 1.29 is 9.84 Å². The van der Waals surface area contributed by atoms with Crippen LogP contribution in [-0.2, 0) is 0 Å². The highest BCUT2D eigenvalue weighted by Gasteiger charge is 2.31. The number of halogens is 1. The second kappa shape index (κ2) is 10.4. The topological polar surface area (TPSA) is 69.1 Å². The molecule has 1 aliphatic carbocycles. The zero-order valence-electron chi connectivity index (χ0n) is 16.4. The van der Waals surface area contributed by atoms with E-state index in [0.29, 0.717) is 12.6 Å². The van der Waals surface area contributed by atoms with Crippen LogP contribution in [0.5, 0.6) is 5.75 Å². The fourth-order valence-electron chi connectivity index (χ4n) is 3.92. The first-order valence-corrected chi connectivity index (χ1v) is 9.79. The lowest BCUT2D eigenvalue weighted by Gasteiger charge is -2.23. The molecule has 1 saturated carbocycles. The molecule has 7 heteroatoms. The zero-order valence-corrected chi connectivity index (χ0v) is 18.7. The van der Waals surface area contributed by atoms with E-state index in [2.05, 4.69) is 33.5 Å². The Morgan fingerprint density at radius 3 is 2.78 bits per heavy atom. The molecule has 1 aliphatic heterocycles. The molecule has 0 radical (unpaired) electrons. The highest BCUT2D eigenvalue weighted by molar-refractivity contribution is 14.0. The maximum Gasteiger partial charge on any atom is 0.191 e. The number of benzene rings is 1. The van der Waals surface area contributed by atoms with E-state index in [0.717, 1.165) is 69.1 Å². The predicted molar refractivity (Wildman–Crippen MR) is 122 cm³/mol. The Morgan fingerprint density at radius 2 is 2.07 bits per heavy atom. The van der Waals surface area contributed by atoms with Crippen LogP contribution < -0.4 is 20.3 Å². The summed E-state index contributed by atoms with van der Waals surface area (Å²) in [7, 11) is 1.72. The first kappa shape index (κ1) is 22.1. The SMILES string of the molecule is CCNC(=NCC1(O)CCCC1)NC1CCN(c2ccccc2OC)C1.I. The molecular weight excluding hydrogens is 455 g/mol. The van der Waals surface area contributed by atoms with Crippen LogP contribution in [0.3, 0.4) is 0 Å². The molecular formula is C20H33IN4O2. The van der Waals surface area contributed by atoms with E-state index in [1.54, 1.807) is 7.11 Å². The van der Waals surface area contributed by atoms with Crippen molar-refractivity contribution in [2.24, 2.45) is 4.99 Å². The molecule has 1 unspecified atom stereocenters. The molecule has 0 spiro atoms. The zero-order chi connectivity index (χ0) is 18.4. The van der Waals surface area contributed by atoms with E-state index in [4.69, 9.17) is 4.74 Å². The first-order chi connectivity index (χ1) is 12.6. The van der Waals surface area contributed by atoms with Crippen molar-refractivity contribution >= 4 is 35.6 Å².